The molecule has 2 saturated heterocycles. The number of ether oxygens (including phenoxy) is 1. The Morgan fingerprint density at radius 2 is 2.53 bits per heavy atom. The van der Waals surface area contributed by atoms with E-state index in [9.17, 15) is 4.79 Å². The molecule has 3 rings (SSSR count). The Kier molecular flexibility index (Phi) is 2.51. The smallest absolute Gasteiger partial charge is 0.292 e. The number of nitrogens with one attached hydrogen (secondary N) is 1. The summed E-state index contributed by atoms with van der Waals surface area (Å²) in [6.07, 6.45) is 1.17. The number of fused-ring (bicyclic) bond motifs is 2. The van der Waals surface area contributed by atoms with Crippen LogP contribution in [0.15, 0.2) is 10.6 Å². The predicted molar refractivity (Wildman–Crippen MR) is 58.9 cm³/mol. The molecule has 2 unspecified atom stereocenters. The predicted octanol–water partition coefficient (Wildman–Crippen LogP) is 0.117. The van der Waals surface area contributed by atoms with E-state index in [1.54, 1.807) is 0 Å². The monoisotopic (exact) mass is 237 g/mol. The van der Waals surface area contributed by atoms with E-state index in [1.807, 2.05) is 4.90 Å². The van der Waals surface area contributed by atoms with Gasteiger partial charge in [-0.15, -0.1) is 0 Å². The summed E-state index contributed by atoms with van der Waals surface area (Å²) in [6, 6.07) is 1.97. The van der Waals surface area contributed by atoms with Gasteiger partial charge < -0.3 is 19.5 Å². The highest BCUT2D eigenvalue weighted by Crippen LogP contribution is 2.24. The highest BCUT2D eigenvalue weighted by Gasteiger charge is 2.35. The van der Waals surface area contributed by atoms with Gasteiger partial charge in [-0.3, -0.25) is 4.79 Å². The van der Waals surface area contributed by atoms with Crippen LogP contribution in [0.25, 0.3) is 0 Å². The topological polar surface area (TPSA) is 67.6 Å². The number of likely N-dealkylation sites (tertiary alicyclic amines) is 1. The van der Waals surface area contributed by atoms with Crippen molar-refractivity contribution in [3.05, 3.63) is 11.8 Å². The van der Waals surface area contributed by atoms with Crippen molar-refractivity contribution in [3.63, 3.8) is 0 Å². The average molecular weight is 237 g/mol. The molecule has 0 saturated carbocycles. The molecule has 2 fully saturated rings. The zero-order valence-electron chi connectivity index (χ0n) is 9.68. The number of carbonyl (C=O) groups is 1. The number of carbonyl (C=O) groups excluding carboxylic acids is 1. The second kappa shape index (κ2) is 4.03. The first-order chi connectivity index (χ1) is 8.26. The summed E-state index contributed by atoms with van der Waals surface area (Å²) in [6.45, 7) is 2.55. The van der Waals surface area contributed by atoms with Gasteiger partial charge >= 0.3 is 0 Å². The SMILES string of the molecule is COc1cc(C(=O)N2CC3CNC(C3)C2)on1. The number of amides is 1. The van der Waals surface area contributed by atoms with Gasteiger partial charge in [-0.1, -0.05) is 0 Å². The number of nitrogens with zero attached hydrogens (tertiary/aromatic N) is 2. The molecular formula is C11H15N3O3. The summed E-state index contributed by atoms with van der Waals surface area (Å²) in [5.41, 5.74) is 0. The van der Waals surface area contributed by atoms with Gasteiger partial charge in [-0.2, -0.15) is 0 Å². The Balaban J connectivity index is 1.73. The lowest BCUT2D eigenvalue weighted by Crippen LogP contribution is -2.44. The summed E-state index contributed by atoms with van der Waals surface area (Å²) < 4.78 is 9.87. The molecule has 2 aliphatic rings. The van der Waals surface area contributed by atoms with Crippen molar-refractivity contribution in [2.45, 2.75) is 12.5 Å². The van der Waals surface area contributed by atoms with Crippen LogP contribution in [-0.2, 0) is 0 Å². The second-order valence-corrected chi connectivity index (χ2v) is 4.65. The van der Waals surface area contributed by atoms with Gasteiger partial charge in [0, 0.05) is 25.7 Å². The molecule has 17 heavy (non-hydrogen) atoms. The number of hydrogen-bond acceptors (Lipinski definition) is 5. The fourth-order valence-corrected chi connectivity index (χ4v) is 2.61. The summed E-state index contributed by atoms with van der Waals surface area (Å²) in [7, 11) is 1.50. The summed E-state index contributed by atoms with van der Waals surface area (Å²) >= 11 is 0. The molecule has 2 bridgehead atoms. The first kappa shape index (κ1) is 10.6. The summed E-state index contributed by atoms with van der Waals surface area (Å²) in [5.74, 6) is 1.07. The standard InChI is InChI=1S/C11H15N3O3/c1-16-10-3-9(17-13-10)11(15)14-5-7-2-8(6-14)12-4-7/h3,7-8,12H,2,4-6H2,1H3. The zero-order valence-corrected chi connectivity index (χ0v) is 9.68. The summed E-state index contributed by atoms with van der Waals surface area (Å²) in [4.78, 5) is 14.0. The quantitative estimate of drug-likeness (QED) is 0.791. The molecule has 0 aliphatic carbocycles. The van der Waals surface area contributed by atoms with Gasteiger partial charge in [0.05, 0.1) is 13.2 Å². The fourth-order valence-electron chi connectivity index (χ4n) is 2.61. The van der Waals surface area contributed by atoms with Crippen LogP contribution in [0.3, 0.4) is 0 Å². The van der Waals surface area contributed by atoms with Crippen LogP contribution in [0.5, 0.6) is 5.88 Å². The van der Waals surface area contributed by atoms with Crippen molar-refractivity contribution in [2.24, 2.45) is 5.92 Å². The lowest BCUT2D eigenvalue weighted by atomic mass is 10.00. The van der Waals surface area contributed by atoms with Crippen LogP contribution < -0.4 is 10.1 Å². The Labute approximate surface area is 98.9 Å². The molecule has 6 heteroatoms. The molecule has 1 aromatic heterocycles. The molecular weight excluding hydrogens is 222 g/mol. The molecule has 1 aromatic rings. The van der Waals surface area contributed by atoms with Crippen molar-refractivity contribution < 1.29 is 14.1 Å². The Hall–Kier alpha value is -1.56. The first-order valence-electron chi connectivity index (χ1n) is 5.79. The molecule has 0 spiro atoms. The molecule has 6 nitrogen and oxygen atoms in total. The molecule has 2 atom stereocenters. The van der Waals surface area contributed by atoms with Crippen molar-refractivity contribution >= 4 is 5.91 Å². The van der Waals surface area contributed by atoms with Crippen molar-refractivity contribution in [2.75, 3.05) is 26.7 Å². The van der Waals surface area contributed by atoms with Crippen LogP contribution in [0, 0.1) is 5.92 Å². The van der Waals surface area contributed by atoms with E-state index in [0.717, 1.165) is 19.6 Å². The maximum atomic E-state index is 12.2. The Morgan fingerprint density at radius 1 is 1.65 bits per heavy atom. The Bertz CT molecular complexity index is 419. The molecule has 1 N–H and O–H groups in total. The molecule has 2 aliphatic heterocycles. The maximum absolute atomic E-state index is 12.2. The van der Waals surface area contributed by atoms with Gasteiger partial charge in [-0.05, 0) is 17.5 Å². The van der Waals surface area contributed by atoms with E-state index in [-0.39, 0.29) is 11.7 Å². The van der Waals surface area contributed by atoms with Crippen molar-refractivity contribution in [3.8, 4) is 5.88 Å². The third-order valence-electron chi connectivity index (χ3n) is 3.43. The first-order valence-corrected chi connectivity index (χ1v) is 5.79. The third kappa shape index (κ3) is 1.88. The minimum Gasteiger partial charge on any atom is -0.479 e. The lowest BCUT2D eigenvalue weighted by Gasteiger charge is -2.30. The minimum absolute atomic E-state index is 0.0980. The number of methoxy groups -OCH3 is 1. The summed E-state index contributed by atoms with van der Waals surface area (Å²) in [5, 5.41) is 7.05. The van der Waals surface area contributed by atoms with E-state index >= 15 is 0 Å². The van der Waals surface area contributed by atoms with Gasteiger partial charge in [0.1, 0.15) is 0 Å². The number of aromatic nitrogens is 1. The van der Waals surface area contributed by atoms with Gasteiger partial charge in [0.25, 0.3) is 11.8 Å². The van der Waals surface area contributed by atoms with Crippen LogP contribution in [0.1, 0.15) is 17.0 Å². The van der Waals surface area contributed by atoms with Gasteiger partial charge in [0.2, 0.25) is 5.76 Å². The number of hydrogen-bond donors (Lipinski definition) is 1. The van der Waals surface area contributed by atoms with E-state index in [4.69, 9.17) is 9.26 Å². The normalized spacial score (nSPS) is 27.2. The molecule has 0 aromatic carbocycles. The van der Waals surface area contributed by atoms with Crippen molar-refractivity contribution in [1.82, 2.24) is 15.4 Å². The molecule has 3 heterocycles. The van der Waals surface area contributed by atoms with Crippen LogP contribution >= 0.6 is 0 Å². The van der Waals surface area contributed by atoms with E-state index in [2.05, 4.69) is 10.5 Å². The Morgan fingerprint density at radius 3 is 3.24 bits per heavy atom. The van der Waals surface area contributed by atoms with Crippen LogP contribution in [0.4, 0.5) is 0 Å². The van der Waals surface area contributed by atoms with E-state index < -0.39 is 0 Å². The molecule has 92 valence electrons. The largest absolute Gasteiger partial charge is 0.479 e. The maximum Gasteiger partial charge on any atom is 0.292 e. The van der Waals surface area contributed by atoms with E-state index in [0.29, 0.717) is 17.8 Å². The van der Waals surface area contributed by atoms with Crippen LogP contribution in [-0.4, -0.2) is 48.7 Å². The van der Waals surface area contributed by atoms with Gasteiger partial charge in [-0.25, -0.2) is 0 Å². The van der Waals surface area contributed by atoms with Crippen LogP contribution in [0.2, 0.25) is 0 Å². The number of rotatable bonds is 2. The number of piperidine rings is 1. The molecule has 0 radical (unpaired) electrons. The van der Waals surface area contributed by atoms with E-state index in [1.165, 1.54) is 19.6 Å². The fraction of sp³-hybridized carbons (Fsp3) is 0.636. The lowest BCUT2D eigenvalue weighted by molar-refractivity contribution is 0.0649. The van der Waals surface area contributed by atoms with Crippen molar-refractivity contribution in [1.29, 1.82) is 0 Å². The zero-order chi connectivity index (χ0) is 11.8. The molecule has 1 amide bonds. The average Bonchev–Trinajstić information content (AvgIpc) is 2.95. The van der Waals surface area contributed by atoms with Gasteiger partial charge in [0.15, 0.2) is 0 Å². The second-order valence-electron chi connectivity index (χ2n) is 4.65. The highest BCUT2D eigenvalue weighted by molar-refractivity contribution is 5.91. The highest BCUT2D eigenvalue weighted by atomic mass is 16.5. The third-order valence-corrected chi connectivity index (χ3v) is 3.43. The minimum atomic E-state index is -0.0980.